The van der Waals surface area contributed by atoms with Crippen LogP contribution in [-0.2, 0) is 36.8 Å². The number of aromatic nitrogens is 1. The Balaban J connectivity index is 1.91. The fourth-order valence-electron chi connectivity index (χ4n) is 4.11. The van der Waals surface area contributed by atoms with Crippen LogP contribution in [0.25, 0.3) is 10.9 Å². The molecule has 4 unspecified atom stereocenters. The monoisotopic (exact) mass is 568 g/mol. The molecule has 41 heavy (non-hydrogen) atoms. The number of amides is 4. The number of H-pyrrole nitrogens is 1. The lowest BCUT2D eigenvalue weighted by Gasteiger charge is -2.25. The van der Waals surface area contributed by atoms with Crippen molar-refractivity contribution in [2.24, 2.45) is 11.5 Å². The molecule has 3 rings (SSSR count). The number of hydrogen-bond donors (Lipinski definition) is 9. The van der Waals surface area contributed by atoms with Crippen molar-refractivity contribution in [1.29, 1.82) is 0 Å². The molecule has 4 atom stereocenters. The predicted molar refractivity (Wildman–Crippen MR) is 146 cm³/mol. The number of rotatable bonds is 14. The van der Waals surface area contributed by atoms with Crippen LogP contribution in [0.2, 0.25) is 0 Å². The molecule has 0 bridgehead atoms. The number of phenolic OH excluding ortho intramolecular Hbond substituents is 1. The van der Waals surface area contributed by atoms with Crippen LogP contribution in [0.3, 0.4) is 0 Å². The number of nitrogens with one attached hydrogen (secondary N) is 4. The maximum absolute atomic E-state index is 13.5. The van der Waals surface area contributed by atoms with E-state index in [2.05, 4.69) is 20.9 Å². The molecular weight excluding hydrogens is 536 g/mol. The topological polar surface area (TPSA) is 250 Å². The number of aromatic amines is 1. The van der Waals surface area contributed by atoms with Crippen LogP contribution in [-0.4, -0.2) is 80.7 Å². The zero-order valence-electron chi connectivity index (χ0n) is 21.9. The Bertz CT molecular complexity index is 1410. The molecule has 0 fully saturated rings. The molecular formula is C27H32N6O8. The number of aromatic hydroxyl groups is 1. The van der Waals surface area contributed by atoms with E-state index in [1.165, 1.54) is 24.3 Å². The van der Waals surface area contributed by atoms with Crippen LogP contribution in [0, 0.1) is 0 Å². The number of carbonyl (C=O) groups is 5. The first kappa shape index (κ1) is 30.6. The number of nitrogens with two attached hydrogens (primary N) is 2. The van der Waals surface area contributed by atoms with Gasteiger partial charge in [-0.25, -0.2) is 4.79 Å². The minimum atomic E-state index is -1.64. The van der Waals surface area contributed by atoms with Crippen LogP contribution in [0.15, 0.2) is 54.7 Å². The Labute approximate surface area is 234 Å². The molecule has 0 saturated heterocycles. The van der Waals surface area contributed by atoms with Crippen LogP contribution in [0.5, 0.6) is 5.75 Å². The summed E-state index contributed by atoms with van der Waals surface area (Å²) in [7, 11) is 0. The summed E-state index contributed by atoms with van der Waals surface area (Å²) in [5, 5.41) is 36.3. The maximum atomic E-state index is 13.5. The smallest absolute Gasteiger partial charge is 0.326 e. The second kappa shape index (κ2) is 13.9. The molecule has 14 nitrogen and oxygen atoms in total. The highest BCUT2D eigenvalue weighted by molar-refractivity contribution is 5.95. The Kier molecular flexibility index (Phi) is 10.4. The molecule has 0 aliphatic heterocycles. The van der Waals surface area contributed by atoms with Gasteiger partial charge in [0.2, 0.25) is 23.6 Å². The normalized spacial score (nSPS) is 13.9. The van der Waals surface area contributed by atoms with Gasteiger partial charge < -0.3 is 47.7 Å². The van der Waals surface area contributed by atoms with Gasteiger partial charge in [0.05, 0.1) is 13.0 Å². The van der Waals surface area contributed by atoms with E-state index in [0.29, 0.717) is 11.1 Å². The average Bonchev–Trinajstić information content (AvgIpc) is 3.34. The number of benzene rings is 2. The molecule has 1 heterocycles. The first-order valence-corrected chi connectivity index (χ1v) is 12.6. The first-order valence-electron chi connectivity index (χ1n) is 12.6. The van der Waals surface area contributed by atoms with Gasteiger partial charge in [-0.3, -0.25) is 19.2 Å². The molecule has 0 radical (unpaired) electrons. The van der Waals surface area contributed by atoms with Crippen molar-refractivity contribution in [3.63, 3.8) is 0 Å². The number of carboxylic acids is 1. The minimum absolute atomic E-state index is 0.0134. The number of aliphatic hydroxyl groups is 1. The van der Waals surface area contributed by atoms with Crippen molar-refractivity contribution in [1.82, 2.24) is 20.9 Å². The lowest BCUT2D eigenvalue weighted by Crippen LogP contribution is -2.58. The van der Waals surface area contributed by atoms with Gasteiger partial charge in [-0.2, -0.15) is 0 Å². The Morgan fingerprint density at radius 2 is 1.41 bits per heavy atom. The third-order valence-electron chi connectivity index (χ3n) is 6.29. The van der Waals surface area contributed by atoms with Gasteiger partial charge >= 0.3 is 5.97 Å². The van der Waals surface area contributed by atoms with Gasteiger partial charge in [-0.1, -0.05) is 30.3 Å². The second-order valence-corrected chi connectivity index (χ2v) is 9.42. The second-order valence-electron chi connectivity index (χ2n) is 9.42. The molecule has 218 valence electrons. The number of para-hydroxylation sites is 1. The van der Waals surface area contributed by atoms with Crippen LogP contribution in [0.1, 0.15) is 17.5 Å². The van der Waals surface area contributed by atoms with E-state index in [0.717, 1.165) is 10.9 Å². The summed E-state index contributed by atoms with van der Waals surface area (Å²) in [5.41, 5.74) is 12.7. The third-order valence-corrected chi connectivity index (χ3v) is 6.29. The lowest BCUT2D eigenvalue weighted by molar-refractivity contribution is -0.143. The van der Waals surface area contributed by atoms with Crippen LogP contribution >= 0.6 is 0 Å². The van der Waals surface area contributed by atoms with Gasteiger partial charge in [0.15, 0.2) is 0 Å². The SMILES string of the molecule is NC(=O)CC(NC(=O)C(Cc1c[nH]c2ccccc12)NC(=O)C(Cc1ccc(O)cc1)NC(=O)C(N)CO)C(=O)O. The molecule has 1 aromatic heterocycles. The number of fused-ring (bicyclic) bond motifs is 1. The zero-order chi connectivity index (χ0) is 30.1. The molecule has 0 aliphatic rings. The van der Waals surface area contributed by atoms with E-state index in [4.69, 9.17) is 11.5 Å². The Hall–Kier alpha value is -4.95. The van der Waals surface area contributed by atoms with Gasteiger partial charge in [0.25, 0.3) is 0 Å². The van der Waals surface area contributed by atoms with Crippen molar-refractivity contribution in [2.45, 2.75) is 43.4 Å². The summed E-state index contributed by atoms with van der Waals surface area (Å²) in [6, 6.07) is 7.48. The highest BCUT2D eigenvalue weighted by Crippen LogP contribution is 2.19. The van der Waals surface area contributed by atoms with Gasteiger partial charge in [0.1, 0.15) is 29.9 Å². The summed E-state index contributed by atoms with van der Waals surface area (Å²) in [4.78, 5) is 65.4. The molecule has 2 aromatic carbocycles. The Morgan fingerprint density at radius 3 is 2.02 bits per heavy atom. The third kappa shape index (κ3) is 8.52. The summed E-state index contributed by atoms with van der Waals surface area (Å²) < 4.78 is 0. The molecule has 0 saturated carbocycles. The van der Waals surface area contributed by atoms with Gasteiger partial charge in [-0.15, -0.1) is 0 Å². The van der Waals surface area contributed by atoms with Crippen molar-refractivity contribution < 1.29 is 39.3 Å². The van der Waals surface area contributed by atoms with Crippen molar-refractivity contribution in [3.05, 3.63) is 65.9 Å². The number of phenols is 1. The highest BCUT2D eigenvalue weighted by atomic mass is 16.4. The molecule has 4 amide bonds. The zero-order valence-corrected chi connectivity index (χ0v) is 21.9. The van der Waals surface area contributed by atoms with Crippen molar-refractivity contribution in [2.75, 3.05) is 6.61 Å². The number of primary amides is 1. The number of carboxylic acid groups (broad SMARTS) is 1. The fraction of sp³-hybridized carbons (Fsp3) is 0.296. The quantitative estimate of drug-likeness (QED) is 0.108. The summed E-state index contributed by atoms with van der Waals surface area (Å²) in [6.07, 6.45) is 0.815. The molecule has 3 aromatic rings. The first-order chi connectivity index (χ1) is 19.5. The molecule has 14 heteroatoms. The summed E-state index contributed by atoms with van der Waals surface area (Å²) in [6.45, 7) is -0.679. The predicted octanol–water partition coefficient (Wildman–Crippen LogP) is -1.61. The lowest BCUT2D eigenvalue weighted by atomic mass is 10.0. The molecule has 0 aliphatic carbocycles. The van der Waals surface area contributed by atoms with Crippen molar-refractivity contribution in [3.8, 4) is 5.75 Å². The number of aliphatic hydroxyl groups excluding tert-OH is 1. The van der Waals surface area contributed by atoms with E-state index in [9.17, 15) is 39.3 Å². The summed E-state index contributed by atoms with van der Waals surface area (Å²) >= 11 is 0. The molecule has 0 spiro atoms. The van der Waals surface area contributed by atoms with Crippen LogP contribution < -0.4 is 27.4 Å². The molecule has 11 N–H and O–H groups in total. The van der Waals surface area contributed by atoms with Crippen molar-refractivity contribution >= 4 is 40.5 Å². The minimum Gasteiger partial charge on any atom is -0.508 e. The van der Waals surface area contributed by atoms with E-state index >= 15 is 0 Å². The Morgan fingerprint density at radius 1 is 0.829 bits per heavy atom. The number of hydrogen-bond acceptors (Lipinski definition) is 8. The summed E-state index contributed by atoms with van der Waals surface area (Å²) in [5.74, 6) is -4.99. The van der Waals surface area contributed by atoms with Gasteiger partial charge in [0, 0.05) is 29.9 Å². The highest BCUT2D eigenvalue weighted by Gasteiger charge is 2.31. The number of carbonyl (C=O) groups excluding carboxylic acids is 4. The van der Waals surface area contributed by atoms with E-state index < -0.39 is 66.8 Å². The fourth-order valence-corrected chi connectivity index (χ4v) is 4.11. The maximum Gasteiger partial charge on any atom is 0.326 e. The standard InChI is InChI=1S/C27H32N6O8/c28-18(13-34)24(37)31-20(9-14-5-7-16(35)8-6-14)25(38)32-21(26(39)33-22(27(40)41)11-23(29)36)10-15-12-30-19-4-2-1-3-17(15)19/h1-8,12,18,20-22,30,34-35H,9-11,13,28H2,(H2,29,36)(H,31,37)(H,32,38)(H,33,39)(H,40,41). The van der Waals surface area contributed by atoms with Crippen LogP contribution in [0.4, 0.5) is 0 Å². The van der Waals surface area contributed by atoms with Gasteiger partial charge in [-0.05, 0) is 29.3 Å². The van der Waals surface area contributed by atoms with E-state index in [1.54, 1.807) is 18.3 Å². The van der Waals surface area contributed by atoms with E-state index in [-0.39, 0.29) is 18.6 Å². The average molecular weight is 569 g/mol. The van der Waals surface area contributed by atoms with E-state index in [1.807, 2.05) is 12.1 Å². The largest absolute Gasteiger partial charge is 0.508 e. The number of aliphatic carboxylic acids is 1.